The van der Waals surface area contributed by atoms with Crippen LogP contribution in [0.4, 0.5) is 0 Å². The van der Waals surface area contributed by atoms with E-state index in [2.05, 4.69) is 31.9 Å². The second-order valence-electron chi connectivity index (χ2n) is 12.9. The Morgan fingerprint density at radius 2 is 0.893 bits per heavy atom. The van der Waals surface area contributed by atoms with E-state index in [9.17, 15) is 53.7 Å². The van der Waals surface area contributed by atoms with Gasteiger partial charge in [0.15, 0.2) is 0 Å². The monoisotopic (exact) mass is 774 g/mol. The van der Waals surface area contributed by atoms with Crippen molar-refractivity contribution >= 4 is 47.4 Å². The fraction of sp³-hybridized carbons (Fsp3) is 0.333. The molecule has 17 nitrogen and oxygen atoms in total. The molecule has 56 heavy (non-hydrogen) atoms. The van der Waals surface area contributed by atoms with E-state index in [1.807, 2.05) is 0 Å². The molecule has 0 unspecified atom stereocenters. The van der Waals surface area contributed by atoms with E-state index in [4.69, 9.17) is 0 Å². The number of aliphatic carboxylic acids is 2. The number of nitrogens with one attached hydrogen (secondary N) is 6. The quantitative estimate of drug-likeness (QED) is 0.0693. The van der Waals surface area contributed by atoms with Crippen LogP contribution in [0, 0.1) is 0 Å². The van der Waals surface area contributed by atoms with Crippen molar-refractivity contribution in [1.82, 2.24) is 31.9 Å². The predicted molar refractivity (Wildman–Crippen MR) is 201 cm³/mol. The fourth-order valence-corrected chi connectivity index (χ4v) is 5.62. The van der Waals surface area contributed by atoms with Crippen LogP contribution in [0.3, 0.4) is 0 Å². The standard InChI is InChI=1S/C39H46N6O11/c1-23(46)41-32(22-34(50)51)39(56)45-31(21-26-13-15-27(47)16-14-26)38(55)44-30(20-25-11-7-4-8-12-25)37(54)42-28(17-18-33(48)49)36(53)43-29(35(52)40-2)19-24-9-5-3-6-10-24/h3-16,28-32,47H,17-22H2,1-2H3,(H,40,52)(H,41,46)(H,42,54)(H,43,53)(H,44,55)(H,45,56)(H,48,49)(H,50,51)/t28-,29-,30-,31-,32-/m0/s1. The number of rotatable bonds is 21. The molecule has 0 spiro atoms. The second kappa shape index (κ2) is 21.8. The minimum absolute atomic E-state index is 0.0752. The first-order valence-corrected chi connectivity index (χ1v) is 17.6. The maximum atomic E-state index is 14.0. The zero-order chi connectivity index (χ0) is 41.2. The predicted octanol–water partition coefficient (Wildman–Crippen LogP) is -0.0505. The van der Waals surface area contributed by atoms with Crippen molar-refractivity contribution in [3.05, 3.63) is 102 Å². The van der Waals surface area contributed by atoms with Gasteiger partial charge in [0.1, 0.15) is 36.0 Å². The molecule has 6 amide bonds. The van der Waals surface area contributed by atoms with Crippen molar-refractivity contribution < 1.29 is 53.7 Å². The Bertz CT molecular complexity index is 1820. The number of carbonyl (C=O) groups is 8. The molecule has 9 N–H and O–H groups in total. The van der Waals surface area contributed by atoms with Gasteiger partial charge in [-0.2, -0.15) is 0 Å². The maximum absolute atomic E-state index is 14.0. The number of phenols is 1. The molecule has 5 atom stereocenters. The highest BCUT2D eigenvalue weighted by Crippen LogP contribution is 2.13. The van der Waals surface area contributed by atoms with Gasteiger partial charge in [-0.1, -0.05) is 72.8 Å². The third kappa shape index (κ3) is 14.9. The summed E-state index contributed by atoms with van der Waals surface area (Å²) in [6.07, 6.45) is -1.97. The summed E-state index contributed by atoms with van der Waals surface area (Å²) in [6.45, 7) is 1.08. The van der Waals surface area contributed by atoms with E-state index in [1.54, 1.807) is 60.7 Å². The molecule has 0 aliphatic heterocycles. The number of amides is 6. The van der Waals surface area contributed by atoms with Gasteiger partial charge in [0, 0.05) is 39.7 Å². The minimum Gasteiger partial charge on any atom is -0.508 e. The smallest absolute Gasteiger partial charge is 0.305 e. The van der Waals surface area contributed by atoms with Gasteiger partial charge in [-0.05, 0) is 35.2 Å². The molecule has 0 aliphatic rings. The van der Waals surface area contributed by atoms with Crippen LogP contribution < -0.4 is 31.9 Å². The zero-order valence-corrected chi connectivity index (χ0v) is 30.8. The van der Waals surface area contributed by atoms with Crippen LogP contribution >= 0.6 is 0 Å². The lowest BCUT2D eigenvalue weighted by molar-refractivity contribution is -0.141. The summed E-state index contributed by atoms with van der Waals surface area (Å²) in [4.78, 5) is 103. The second-order valence-corrected chi connectivity index (χ2v) is 12.9. The summed E-state index contributed by atoms with van der Waals surface area (Å²) in [5.74, 6) is -7.63. The normalized spacial score (nSPS) is 13.3. The number of phenolic OH excluding ortho intramolecular Hbond substituents is 1. The Hall–Kier alpha value is -6.78. The van der Waals surface area contributed by atoms with Crippen LogP contribution in [0.25, 0.3) is 0 Å². The third-order valence-corrected chi connectivity index (χ3v) is 8.44. The zero-order valence-electron chi connectivity index (χ0n) is 30.8. The van der Waals surface area contributed by atoms with Crippen molar-refractivity contribution in [3.8, 4) is 5.75 Å². The first-order valence-electron chi connectivity index (χ1n) is 17.6. The van der Waals surface area contributed by atoms with E-state index in [-0.39, 0.29) is 31.4 Å². The molecule has 0 aromatic heterocycles. The Balaban J connectivity index is 1.94. The van der Waals surface area contributed by atoms with Gasteiger partial charge in [0.05, 0.1) is 6.42 Å². The van der Waals surface area contributed by atoms with Gasteiger partial charge in [-0.3, -0.25) is 38.4 Å². The van der Waals surface area contributed by atoms with Crippen molar-refractivity contribution in [1.29, 1.82) is 0 Å². The number of aromatic hydroxyl groups is 1. The highest BCUT2D eigenvalue weighted by atomic mass is 16.4. The fourth-order valence-electron chi connectivity index (χ4n) is 5.62. The van der Waals surface area contributed by atoms with Gasteiger partial charge in [0.25, 0.3) is 0 Å². The summed E-state index contributed by atoms with van der Waals surface area (Å²) in [5, 5.41) is 43.5. The molecule has 3 aromatic rings. The highest BCUT2D eigenvalue weighted by Gasteiger charge is 2.33. The average molecular weight is 775 g/mol. The van der Waals surface area contributed by atoms with Crippen LogP contribution in [0.1, 0.15) is 42.9 Å². The summed E-state index contributed by atoms with van der Waals surface area (Å²) < 4.78 is 0. The van der Waals surface area contributed by atoms with Gasteiger partial charge in [0.2, 0.25) is 35.4 Å². The Labute approximate surface area is 322 Å². The molecule has 3 aromatic carbocycles. The number of hydrogen-bond acceptors (Lipinski definition) is 9. The molecule has 3 rings (SSSR count). The molecule has 0 heterocycles. The van der Waals surface area contributed by atoms with Crippen molar-refractivity contribution in [2.24, 2.45) is 0 Å². The average Bonchev–Trinajstić information content (AvgIpc) is 3.16. The molecule has 17 heteroatoms. The summed E-state index contributed by atoms with van der Waals surface area (Å²) in [5.41, 5.74) is 1.75. The lowest BCUT2D eigenvalue weighted by atomic mass is 10.0. The number of hydrogen-bond donors (Lipinski definition) is 9. The molecule has 0 saturated carbocycles. The van der Waals surface area contributed by atoms with Crippen LogP contribution in [0.2, 0.25) is 0 Å². The van der Waals surface area contributed by atoms with Crippen LogP contribution in [0.15, 0.2) is 84.9 Å². The number of carboxylic acid groups (broad SMARTS) is 2. The summed E-state index contributed by atoms with van der Waals surface area (Å²) in [6, 6.07) is 15.9. The number of carbonyl (C=O) groups excluding carboxylic acids is 6. The largest absolute Gasteiger partial charge is 0.508 e. The van der Waals surface area contributed by atoms with E-state index in [1.165, 1.54) is 31.3 Å². The first kappa shape index (κ1) is 43.6. The van der Waals surface area contributed by atoms with Crippen LogP contribution in [0.5, 0.6) is 5.75 Å². The Morgan fingerprint density at radius 1 is 0.500 bits per heavy atom. The topological polar surface area (TPSA) is 269 Å². The number of benzene rings is 3. The van der Waals surface area contributed by atoms with Crippen LogP contribution in [-0.2, 0) is 57.6 Å². The van der Waals surface area contributed by atoms with E-state index in [0.29, 0.717) is 11.1 Å². The van der Waals surface area contributed by atoms with Gasteiger partial charge in [-0.15, -0.1) is 0 Å². The van der Waals surface area contributed by atoms with Crippen molar-refractivity contribution in [3.63, 3.8) is 0 Å². The third-order valence-electron chi connectivity index (χ3n) is 8.44. The van der Waals surface area contributed by atoms with E-state index < -0.39 is 90.4 Å². The molecule has 0 fully saturated rings. The summed E-state index contributed by atoms with van der Waals surface area (Å²) in [7, 11) is 1.39. The molecular weight excluding hydrogens is 728 g/mol. The number of carboxylic acids is 2. The lowest BCUT2D eigenvalue weighted by Gasteiger charge is -2.27. The van der Waals surface area contributed by atoms with Gasteiger partial charge < -0.3 is 47.2 Å². The SMILES string of the molecule is CNC(=O)[C@H](Cc1ccccc1)NC(=O)[C@H](CCC(=O)O)NC(=O)[C@H](Cc1ccccc1)NC(=O)[C@H](Cc1ccc(O)cc1)NC(=O)[C@H](CC(=O)O)NC(C)=O. The van der Waals surface area contributed by atoms with Crippen molar-refractivity contribution in [2.75, 3.05) is 7.05 Å². The lowest BCUT2D eigenvalue weighted by Crippen LogP contribution is -2.60. The highest BCUT2D eigenvalue weighted by molar-refractivity contribution is 5.97. The van der Waals surface area contributed by atoms with E-state index in [0.717, 1.165) is 12.5 Å². The van der Waals surface area contributed by atoms with E-state index >= 15 is 0 Å². The minimum atomic E-state index is -1.56. The number of likely N-dealkylation sites (N-methyl/N-ethyl adjacent to an activating group) is 1. The molecule has 298 valence electrons. The first-order chi connectivity index (χ1) is 26.6. The van der Waals surface area contributed by atoms with Crippen LogP contribution in [-0.4, -0.2) is 100.0 Å². The molecular formula is C39H46N6O11. The van der Waals surface area contributed by atoms with Gasteiger partial charge >= 0.3 is 11.9 Å². The molecule has 0 radical (unpaired) electrons. The molecule has 0 aliphatic carbocycles. The molecule has 0 bridgehead atoms. The Kier molecular flexibility index (Phi) is 17.0. The van der Waals surface area contributed by atoms with Gasteiger partial charge in [-0.25, -0.2) is 0 Å². The van der Waals surface area contributed by atoms with Crippen molar-refractivity contribution in [2.45, 2.75) is 75.7 Å². The molecule has 0 saturated heterocycles. The Morgan fingerprint density at radius 3 is 1.30 bits per heavy atom. The maximum Gasteiger partial charge on any atom is 0.305 e. The summed E-state index contributed by atoms with van der Waals surface area (Å²) >= 11 is 0.